The lowest BCUT2D eigenvalue weighted by Gasteiger charge is -2.31. The number of hydrogen-bond donors (Lipinski definition) is 0. The molecule has 0 saturated heterocycles. The molecule has 1 aromatic carbocycles. The molecule has 0 radical (unpaired) electrons. The summed E-state index contributed by atoms with van der Waals surface area (Å²) in [6.07, 6.45) is 2.97. The summed E-state index contributed by atoms with van der Waals surface area (Å²) < 4.78 is 10.9. The van der Waals surface area contributed by atoms with E-state index >= 15 is 0 Å². The average molecular weight is 312 g/mol. The highest BCUT2D eigenvalue weighted by molar-refractivity contribution is 5.86. The van der Waals surface area contributed by atoms with Crippen molar-refractivity contribution in [3.8, 4) is 0 Å². The van der Waals surface area contributed by atoms with Gasteiger partial charge in [0.15, 0.2) is 0 Å². The van der Waals surface area contributed by atoms with Gasteiger partial charge in [0, 0.05) is 17.1 Å². The van der Waals surface area contributed by atoms with Crippen molar-refractivity contribution in [2.45, 2.75) is 26.4 Å². The zero-order valence-corrected chi connectivity index (χ0v) is 13.6. The smallest absolute Gasteiger partial charge is 0.415 e. The van der Waals surface area contributed by atoms with Crippen LogP contribution >= 0.6 is 0 Å². The number of para-hydroxylation sites is 1. The van der Waals surface area contributed by atoms with Crippen LogP contribution in [0.25, 0.3) is 16.6 Å². The van der Waals surface area contributed by atoms with Crippen molar-refractivity contribution in [3.63, 3.8) is 0 Å². The first kappa shape index (κ1) is 15.3. The van der Waals surface area contributed by atoms with E-state index in [-0.39, 0.29) is 6.09 Å². The number of rotatable bonds is 1. The zero-order valence-electron chi connectivity index (χ0n) is 13.6. The quantitative estimate of drug-likeness (QED) is 0.803. The Labute approximate surface area is 135 Å². The molecule has 5 heteroatoms. The molecule has 3 rings (SSSR count). The first-order chi connectivity index (χ1) is 10.9. The van der Waals surface area contributed by atoms with Gasteiger partial charge < -0.3 is 9.47 Å². The Balaban J connectivity index is 1.94. The number of carbonyl (C=O) groups is 1. The maximum atomic E-state index is 12.4. The second kappa shape index (κ2) is 5.91. The van der Waals surface area contributed by atoms with Crippen molar-refractivity contribution in [2.75, 3.05) is 13.2 Å². The van der Waals surface area contributed by atoms with E-state index in [2.05, 4.69) is 4.98 Å². The number of pyridine rings is 1. The molecule has 0 spiro atoms. The number of hydrogen-bond acceptors (Lipinski definition) is 4. The van der Waals surface area contributed by atoms with E-state index in [4.69, 9.17) is 9.47 Å². The second-order valence-electron chi connectivity index (χ2n) is 6.42. The predicted molar refractivity (Wildman–Crippen MR) is 88.6 cm³/mol. The maximum absolute atomic E-state index is 12.4. The molecule has 1 amide bonds. The lowest BCUT2D eigenvalue weighted by atomic mass is 10.1. The van der Waals surface area contributed by atoms with Gasteiger partial charge in [-0.25, -0.2) is 4.79 Å². The summed E-state index contributed by atoms with van der Waals surface area (Å²) in [7, 11) is 0. The van der Waals surface area contributed by atoms with E-state index in [0.717, 1.165) is 16.5 Å². The topological polar surface area (TPSA) is 51.7 Å². The van der Waals surface area contributed by atoms with Crippen LogP contribution < -0.4 is 0 Å². The van der Waals surface area contributed by atoms with E-state index in [1.165, 1.54) is 0 Å². The van der Waals surface area contributed by atoms with Gasteiger partial charge in [0.2, 0.25) is 0 Å². The summed E-state index contributed by atoms with van der Waals surface area (Å²) in [5.74, 6) is 0. The van der Waals surface area contributed by atoms with Crippen molar-refractivity contribution in [1.29, 1.82) is 0 Å². The summed E-state index contributed by atoms with van der Waals surface area (Å²) in [5.41, 5.74) is 1.87. The third-order valence-electron chi connectivity index (χ3n) is 3.42. The van der Waals surface area contributed by atoms with E-state index in [9.17, 15) is 4.79 Å². The van der Waals surface area contributed by atoms with Gasteiger partial charge in [0.1, 0.15) is 18.5 Å². The van der Waals surface area contributed by atoms with Gasteiger partial charge in [-0.3, -0.25) is 9.88 Å². The molecule has 1 aromatic heterocycles. The molecule has 0 saturated carbocycles. The lowest BCUT2D eigenvalue weighted by molar-refractivity contribution is 0.0296. The Morgan fingerprint density at radius 1 is 1.30 bits per heavy atom. The molecule has 2 heterocycles. The van der Waals surface area contributed by atoms with Crippen LogP contribution in [0.5, 0.6) is 0 Å². The van der Waals surface area contributed by atoms with Crippen molar-refractivity contribution in [3.05, 3.63) is 48.4 Å². The van der Waals surface area contributed by atoms with Crippen molar-refractivity contribution < 1.29 is 14.3 Å². The SMILES string of the molecule is CC(C)(C)OC(=O)N1CCOC=C1c1cnc2ccccc2c1. The van der Waals surface area contributed by atoms with Gasteiger partial charge in [0.05, 0.1) is 17.8 Å². The molecule has 0 atom stereocenters. The second-order valence-corrected chi connectivity index (χ2v) is 6.42. The van der Waals surface area contributed by atoms with Crippen LogP contribution in [0.3, 0.4) is 0 Å². The van der Waals surface area contributed by atoms with Crippen LogP contribution in [-0.4, -0.2) is 34.7 Å². The Morgan fingerprint density at radius 2 is 2.09 bits per heavy atom. The highest BCUT2D eigenvalue weighted by atomic mass is 16.6. The maximum Gasteiger partial charge on any atom is 0.415 e. The molecule has 2 aromatic rings. The fourth-order valence-electron chi connectivity index (χ4n) is 2.41. The van der Waals surface area contributed by atoms with Gasteiger partial charge in [-0.05, 0) is 32.9 Å². The number of benzene rings is 1. The monoisotopic (exact) mass is 312 g/mol. The molecular weight excluding hydrogens is 292 g/mol. The van der Waals surface area contributed by atoms with Crippen LogP contribution in [0.15, 0.2) is 42.8 Å². The number of ether oxygens (including phenoxy) is 2. The minimum absolute atomic E-state index is 0.375. The molecule has 5 nitrogen and oxygen atoms in total. The van der Waals surface area contributed by atoms with Gasteiger partial charge >= 0.3 is 6.09 Å². The van der Waals surface area contributed by atoms with Gasteiger partial charge in [-0.2, -0.15) is 0 Å². The van der Waals surface area contributed by atoms with E-state index in [0.29, 0.717) is 18.8 Å². The number of aromatic nitrogens is 1. The minimum atomic E-state index is -0.540. The molecule has 23 heavy (non-hydrogen) atoms. The van der Waals surface area contributed by atoms with Crippen LogP contribution in [0, 0.1) is 0 Å². The van der Waals surface area contributed by atoms with E-state index in [1.54, 1.807) is 17.4 Å². The number of carbonyl (C=O) groups excluding carboxylic acids is 1. The Bertz CT molecular complexity index is 762. The average Bonchev–Trinajstić information content (AvgIpc) is 2.53. The Hall–Kier alpha value is -2.56. The molecule has 0 N–H and O–H groups in total. The van der Waals surface area contributed by atoms with Crippen LogP contribution in [0.2, 0.25) is 0 Å². The normalized spacial score (nSPS) is 15.1. The van der Waals surface area contributed by atoms with Crippen LogP contribution in [0.4, 0.5) is 4.79 Å². The Kier molecular flexibility index (Phi) is 3.94. The summed E-state index contributed by atoms with van der Waals surface area (Å²) in [6, 6.07) is 9.86. The first-order valence-electron chi connectivity index (χ1n) is 7.61. The lowest BCUT2D eigenvalue weighted by Crippen LogP contribution is -2.39. The van der Waals surface area contributed by atoms with Gasteiger partial charge in [0.25, 0.3) is 0 Å². The molecule has 120 valence electrons. The largest absolute Gasteiger partial charge is 0.497 e. The molecular formula is C18H20N2O3. The fourth-order valence-corrected chi connectivity index (χ4v) is 2.41. The third-order valence-corrected chi connectivity index (χ3v) is 3.42. The van der Waals surface area contributed by atoms with Crippen molar-refractivity contribution in [2.24, 2.45) is 0 Å². The summed E-state index contributed by atoms with van der Waals surface area (Å²) in [6.45, 7) is 6.46. The van der Waals surface area contributed by atoms with Crippen molar-refractivity contribution >= 4 is 22.7 Å². The van der Waals surface area contributed by atoms with E-state index in [1.807, 2.05) is 51.1 Å². The molecule has 1 aliphatic rings. The molecule has 1 aliphatic heterocycles. The number of nitrogens with zero attached hydrogens (tertiary/aromatic N) is 2. The first-order valence-corrected chi connectivity index (χ1v) is 7.61. The number of fused-ring (bicyclic) bond motifs is 1. The Morgan fingerprint density at radius 3 is 2.87 bits per heavy atom. The highest BCUT2D eigenvalue weighted by Crippen LogP contribution is 2.26. The molecule has 0 aliphatic carbocycles. The predicted octanol–water partition coefficient (Wildman–Crippen LogP) is 3.80. The molecule has 0 bridgehead atoms. The minimum Gasteiger partial charge on any atom is -0.497 e. The summed E-state index contributed by atoms with van der Waals surface area (Å²) in [5, 5.41) is 1.01. The third kappa shape index (κ3) is 3.44. The summed E-state index contributed by atoms with van der Waals surface area (Å²) in [4.78, 5) is 18.5. The molecule has 0 fully saturated rings. The standard InChI is InChI=1S/C18H20N2O3/c1-18(2,3)23-17(21)20-8-9-22-12-16(20)14-10-13-6-4-5-7-15(13)19-11-14/h4-7,10-12H,8-9H2,1-3H3. The summed E-state index contributed by atoms with van der Waals surface area (Å²) >= 11 is 0. The van der Waals surface area contributed by atoms with E-state index < -0.39 is 5.60 Å². The fraction of sp³-hybridized carbons (Fsp3) is 0.333. The number of amides is 1. The van der Waals surface area contributed by atoms with Crippen molar-refractivity contribution in [1.82, 2.24) is 9.88 Å². The highest BCUT2D eigenvalue weighted by Gasteiger charge is 2.28. The van der Waals surface area contributed by atoms with Crippen LogP contribution in [-0.2, 0) is 9.47 Å². The zero-order chi connectivity index (χ0) is 16.4. The van der Waals surface area contributed by atoms with Gasteiger partial charge in [-0.1, -0.05) is 18.2 Å². The van der Waals surface area contributed by atoms with Gasteiger partial charge in [-0.15, -0.1) is 0 Å². The van der Waals surface area contributed by atoms with Crippen LogP contribution in [0.1, 0.15) is 26.3 Å². The molecule has 0 unspecified atom stereocenters.